The lowest BCUT2D eigenvalue weighted by Crippen LogP contribution is -2.63. The monoisotopic (exact) mass is 554 g/mol. The van der Waals surface area contributed by atoms with E-state index in [1.54, 1.807) is 0 Å². The minimum absolute atomic E-state index is 0.105. The molecule has 10 nitrogen and oxygen atoms in total. The second kappa shape index (κ2) is 10.7. The Morgan fingerprint density at radius 3 is 1.10 bits per heavy atom. The summed E-state index contributed by atoms with van der Waals surface area (Å²) in [6, 6.07) is -0.447. The van der Waals surface area contributed by atoms with Gasteiger partial charge >= 0.3 is 12.1 Å². The van der Waals surface area contributed by atoms with E-state index in [1.165, 1.54) is 48.3 Å². The summed E-state index contributed by atoms with van der Waals surface area (Å²) < 4.78 is 0. The predicted molar refractivity (Wildman–Crippen MR) is 155 cm³/mol. The molecule has 0 aromatic rings. The first-order valence-electron chi connectivity index (χ1n) is 16.0. The van der Waals surface area contributed by atoms with Gasteiger partial charge in [-0.2, -0.15) is 0 Å². The Kier molecular flexibility index (Phi) is 7.40. The topological polar surface area (TPSA) is 164 Å². The molecule has 0 unspecified atom stereocenters. The van der Waals surface area contributed by atoms with E-state index in [9.17, 15) is 9.59 Å². The van der Waals surface area contributed by atoms with E-state index in [0.29, 0.717) is 13.1 Å². The average Bonchev–Trinajstić information content (AvgIpc) is 2.82. The van der Waals surface area contributed by atoms with Gasteiger partial charge in [-0.15, -0.1) is 0 Å². The van der Waals surface area contributed by atoms with Crippen molar-refractivity contribution in [1.29, 1.82) is 10.8 Å². The van der Waals surface area contributed by atoms with Gasteiger partial charge in [0.05, 0.1) is 0 Å². The van der Waals surface area contributed by atoms with Crippen molar-refractivity contribution in [3.05, 3.63) is 0 Å². The number of rotatable bonds is 9. The number of amides is 4. The van der Waals surface area contributed by atoms with Crippen LogP contribution in [0.1, 0.15) is 103 Å². The number of guanidine groups is 2. The fourth-order valence-electron chi connectivity index (χ4n) is 10.7. The number of hydrogen-bond donors (Lipinski definition) is 6. The lowest BCUT2D eigenvalue weighted by Gasteiger charge is -2.57. The predicted octanol–water partition coefficient (Wildman–Crippen LogP) is 4.29. The zero-order chi connectivity index (χ0) is 28.1. The first-order chi connectivity index (χ1) is 19.1. The standard InChI is InChI=1S/C30H50N8O2/c31-25(32)37(27(39)35-29-13-19-7-20(14-29)9-21(8-19)15-29)5-3-1-2-4-6-38(26(33)34)28(40)36-30-16-22-10-23(17-30)12-24(11-22)18-30/h19-24H,1-18H2,(H3,31,32)(H3,33,34)(H,35,39)(H,36,40). The molecular formula is C30H50N8O2. The molecule has 8 fully saturated rings. The molecule has 8 rings (SSSR count). The maximum absolute atomic E-state index is 13.2. The van der Waals surface area contributed by atoms with E-state index in [0.717, 1.165) is 99.7 Å². The Bertz CT molecular complexity index is 877. The molecular weight excluding hydrogens is 504 g/mol. The number of carbonyl (C=O) groups excluding carboxylic acids is 2. The van der Waals surface area contributed by atoms with Crippen molar-refractivity contribution >= 4 is 24.0 Å². The summed E-state index contributed by atoms with van der Waals surface area (Å²) in [6.45, 7) is 0.826. The number of nitrogens with zero attached hydrogens (tertiary/aromatic N) is 2. The van der Waals surface area contributed by atoms with Crippen LogP contribution in [0.3, 0.4) is 0 Å². The Morgan fingerprint density at radius 1 is 0.575 bits per heavy atom. The average molecular weight is 555 g/mol. The Labute approximate surface area is 238 Å². The van der Waals surface area contributed by atoms with Gasteiger partial charge in [0, 0.05) is 24.2 Å². The molecule has 0 spiro atoms. The fraction of sp³-hybridized carbons (Fsp3) is 0.867. The summed E-state index contributed by atoms with van der Waals surface area (Å²) in [5.41, 5.74) is 11.5. The number of unbranched alkanes of at least 4 members (excludes halogenated alkanes) is 3. The molecule has 8 bridgehead atoms. The van der Waals surface area contributed by atoms with E-state index in [4.69, 9.17) is 22.3 Å². The third-order valence-corrected chi connectivity index (χ3v) is 11.4. The lowest BCUT2D eigenvalue weighted by atomic mass is 9.53. The summed E-state index contributed by atoms with van der Waals surface area (Å²) >= 11 is 0. The van der Waals surface area contributed by atoms with Crippen LogP contribution in [0.15, 0.2) is 0 Å². The van der Waals surface area contributed by atoms with Gasteiger partial charge < -0.3 is 22.1 Å². The molecule has 0 atom stereocenters. The zero-order valence-electron chi connectivity index (χ0n) is 24.1. The second-order valence-corrected chi connectivity index (χ2v) is 14.7. The number of urea groups is 2. The summed E-state index contributed by atoms with van der Waals surface area (Å²) in [7, 11) is 0. The first-order valence-corrected chi connectivity index (χ1v) is 16.0. The van der Waals surface area contributed by atoms with E-state index in [2.05, 4.69) is 10.6 Å². The molecule has 8 saturated carbocycles. The molecule has 0 aliphatic heterocycles. The van der Waals surface area contributed by atoms with E-state index < -0.39 is 0 Å². The SMILES string of the molecule is N=C(N)N(CCCCCCN(C(=N)N)C(=O)NC12CC3CC(CC(C3)C1)C2)C(=O)NC12CC3CC(CC(C3)C1)C2. The Morgan fingerprint density at radius 2 is 0.850 bits per heavy atom. The first kappa shape index (κ1) is 27.6. The molecule has 0 radical (unpaired) electrons. The van der Waals surface area contributed by atoms with Crippen molar-refractivity contribution in [3.63, 3.8) is 0 Å². The third-order valence-electron chi connectivity index (χ3n) is 11.4. The van der Waals surface area contributed by atoms with Crippen LogP contribution in [0.4, 0.5) is 9.59 Å². The van der Waals surface area contributed by atoms with Crippen molar-refractivity contribution in [2.45, 2.75) is 114 Å². The van der Waals surface area contributed by atoms with E-state index in [-0.39, 0.29) is 35.1 Å². The van der Waals surface area contributed by atoms with Crippen LogP contribution in [0, 0.1) is 46.3 Å². The Hall–Kier alpha value is -2.52. The highest BCUT2D eigenvalue weighted by atomic mass is 16.2. The van der Waals surface area contributed by atoms with Gasteiger partial charge in [-0.1, -0.05) is 12.8 Å². The van der Waals surface area contributed by atoms with Gasteiger partial charge in [-0.3, -0.25) is 20.6 Å². The molecule has 0 saturated heterocycles. The van der Waals surface area contributed by atoms with E-state index >= 15 is 0 Å². The van der Waals surface area contributed by atoms with Crippen LogP contribution in [0.2, 0.25) is 0 Å². The molecule has 4 amide bonds. The van der Waals surface area contributed by atoms with E-state index in [1.807, 2.05) is 0 Å². The van der Waals surface area contributed by atoms with Crippen molar-refractivity contribution in [2.75, 3.05) is 13.1 Å². The zero-order valence-corrected chi connectivity index (χ0v) is 24.1. The van der Waals surface area contributed by atoms with Gasteiger partial charge in [0.25, 0.3) is 0 Å². The molecule has 0 heterocycles. The maximum Gasteiger partial charge on any atom is 0.324 e. The van der Waals surface area contributed by atoms with Gasteiger partial charge in [-0.25, -0.2) is 9.59 Å². The minimum Gasteiger partial charge on any atom is -0.370 e. The van der Waals surface area contributed by atoms with Crippen LogP contribution in [-0.2, 0) is 0 Å². The summed E-state index contributed by atoms with van der Waals surface area (Å²) in [5.74, 6) is 4.02. The molecule has 8 aliphatic rings. The van der Waals surface area contributed by atoms with Gasteiger partial charge in [0.15, 0.2) is 11.9 Å². The smallest absolute Gasteiger partial charge is 0.324 e. The van der Waals surface area contributed by atoms with Crippen molar-refractivity contribution in [1.82, 2.24) is 20.4 Å². The normalized spacial score (nSPS) is 38.2. The largest absolute Gasteiger partial charge is 0.370 e. The third kappa shape index (κ3) is 5.64. The molecule has 10 heteroatoms. The van der Waals surface area contributed by atoms with Gasteiger partial charge in [0.2, 0.25) is 0 Å². The molecule has 40 heavy (non-hydrogen) atoms. The minimum atomic E-state index is -0.224. The van der Waals surface area contributed by atoms with Crippen LogP contribution < -0.4 is 22.1 Å². The highest BCUT2D eigenvalue weighted by Crippen LogP contribution is 2.56. The van der Waals surface area contributed by atoms with Crippen molar-refractivity contribution in [2.24, 2.45) is 47.0 Å². The van der Waals surface area contributed by atoms with Crippen molar-refractivity contribution < 1.29 is 9.59 Å². The number of hydrogen-bond acceptors (Lipinski definition) is 4. The molecule has 0 aromatic heterocycles. The lowest BCUT2D eigenvalue weighted by molar-refractivity contribution is -0.0151. The summed E-state index contributed by atoms with van der Waals surface area (Å²) in [5, 5.41) is 22.7. The fourth-order valence-corrected chi connectivity index (χ4v) is 10.7. The summed E-state index contributed by atoms with van der Waals surface area (Å²) in [4.78, 5) is 29.2. The van der Waals surface area contributed by atoms with Crippen LogP contribution in [0.5, 0.6) is 0 Å². The quantitative estimate of drug-likeness (QED) is 0.142. The van der Waals surface area contributed by atoms with Crippen LogP contribution in [0.25, 0.3) is 0 Å². The Balaban J connectivity index is 0.933. The molecule has 8 aliphatic carbocycles. The van der Waals surface area contributed by atoms with Crippen molar-refractivity contribution in [3.8, 4) is 0 Å². The maximum atomic E-state index is 13.2. The van der Waals surface area contributed by atoms with Crippen LogP contribution >= 0.6 is 0 Å². The highest BCUT2D eigenvalue weighted by Gasteiger charge is 2.53. The number of carbonyl (C=O) groups is 2. The summed E-state index contributed by atoms with van der Waals surface area (Å²) in [6.07, 6.45) is 17.5. The molecule has 222 valence electrons. The molecule has 0 aromatic carbocycles. The molecule has 8 N–H and O–H groups in total. The number of nitrogens with one attached hydrogen (secondary N) is 4. The van der Waals surface area contributed by atoms with Gasteiger partial charge in [-0.05, 0) is 125 Å². The van der Waals surface area contributed by atoms with Crippen LogP contribution in [-0.4, -0.2) is 57.9 Å². The highest BCUT2D eigenvalue weighted by molar-refractivity contribution is 5.94. The van der Waals surface area contributed by atoms with Gasteiger partial charge in [0.1, 0.15) is 0 Å². The second-order valence-electron chi connectivity index (χ2n) is 14.7. The number of nitrogens with two attached hydrogens (primary N) is 2.